The second-order valence-corrected chi connectivity index (χ2v) is 5.27. The molecule has 0 aromatic carbocycles. The first-order valence-electron chi connectivity index (χ1n) is 7.22. The van der Waals surface area contributed by atoms with Gasteiger partial charge in [0.05, 0.1) is 11.9 Å². The molecule has 0 aliphatic heterocycles. The van der Waals surface area contributed by atoms with Gasteiger partial charge in [-0.05, 0) is 12.8 Å². The van der Waals surface area contributed by atoms with Crippen LogP contribution in [0.1, 0.15) is 32.7 Å². The highest BCUT2D eigenvalue weighted by Gasteiger charge is 2.21. The predicted molar refractivity (Wildman–Crippen MR) is 83.0 cm³/mol. The van der Waals surface area contributed by atoms with E-state index in [1.807, 2.05) is 33.3 Å². The highest BCUT2D eigenvalue weighted by atomic mass is 16.5. The molecule has 0 spiro atoms. The average Bonchev–Trinajstić information content (AvgIpc) is 2.90. The predicted octanol–water partition coefficient (Wildman–Crippen LogP) is 2.65. The summed E-state index contributed by atoms with van der Waals surface area (Å²) < 4.78 is 7.57. The summed E-state index contributed by atoms with van der Waals surface area (Å²) in [6.45, 7) is 6.84. The third-order valence-corrected chi connectivity index (χ3v) is 3.21. The van der Waals surface area contributed by atoms with Crippen molar-refractivity contribution in [3.8, 4) is 11.3 Å². The van der Waals surface area contributed by atoms with E-state index in [0.717, 1.165) is 17.1 Å². The fourth-order valence-corrected chi connectivity index (χ4v) is 2.17. The van der Waals surface area contributed by atoms with Crippen LogP contribution in [0.25, 0.3) is 11.3 Å². The molecule has 1 atom stereocenters. The van der Waals surface area contributed by atoms with Gasteiger partial charge < -0.3 is 10.1 Å². The van der Waals surface area contributed by atoms with Gasteiger partial charge in [-0.25, -0.2) is 9.97 Å². The second-order valence-electron chi connectivity index (χ2n) is 5.27. The van der Waals surface area contributed by atoms with Gasteiger partial charge in [0.2, 0.25) is 0 Å². The van der Waals surface area contributed by atoms with E-state index in [-0.39, 0.29) is 6.10 Å². The fraction of sp³-hybridized carbons (Fsp3) is 0.533. The first kappa shape index (κ1) is 15.4. The normalized spacial score (nSPS) is 12.7. The summed E-state index contributed by atoms with van der Waals surface area (Å²) in [4.78, 5) is 9.23. The monoisotopic (exact) mass is 289 g/mol. The topological polar surface area (TPSA) is 64.9 Å². The van der Waals surface area contributed by atoms with Gasteiger partial charge in [0, 0.05) is 38.5 Å². The molecule has 0 fully saturated rings. The van der Waals surface area contributed by atoms with Gasteiger partial charge in [-0.2, -0.15) is 5.10 Å². The van der Waals surface area contributed by atoms with Crippen LogP contribution in [-0.2, 0) is 11.8 Å². The maximum atomic E-state index is 5.81. The molecule has 0 saturated heterocycles. The van der Waals surface area contributed by atoms with Gasteiger partial charge in [0.1, 0.15) is 11.9 Å². The Kier molecular flexibility index (Phi) is 4.90. The Labute approximate surface area is 125 Å². The molecule has 1 unspecified atom stereocenters. The van der Waals surface area contributed by atoms with Gasteiger partial charge in [0.25, 0.3) is 0 Å². The van der Waals surface area contributed by atoms with Crippen molar-refractivity contribution in [1.29, 1.82) is 0 Å². The minimum atomic E-state index is -0.112. The third-order valence-electron chi connectivity index (χ3n) is 3.21. The summed E-state index contributed by atoms with van der Waals surface area (Å²) in [5, 5.41) is 7.29. The van der Waals surface area contributed by atoms with Crippen molar-refractivity contribution in [2.75, 3.05) is 19.0 Å². The lowest BCUT2D eigenvalue weighted by molar-refractivity contribution is 0.0234. The van der Waals surface area contributed by atoms with Crippen LogP contribution in [0, 0.1) is 5.92 Å². The van der Waals surface area contributed by atoms with E-state index < -0.39 is 0 Å². The number of anilines is 1. The summed E-state index contributed by atoms with van der Waals surface area (Å²) in [6.07, 6.45) is 3.63. The van der Waals surface area contributed by atoms with Crippen LogP contribution in [0.2, 0.25) is 0 Å². The molecular formula is C15H23N5O. The van der Waals surface area contributed by atoms with Crippen LogP contribution in [-0.4, -0.2) is 33.4 Å². The van der Waals surface area contributed by atoms with Gasteiger partial charge in [0.15, 0.2) is 5.82 Å². The molecule has 2 heterocycles. The number of rotatable bonds is 6. The zero-order valence-electron chi connectivity index (χ0n) is 13.3. The van der Waals surface area contributed by atoms with Crippen LogP contribution in [0.15, 0.2) is 18.5 Å². The number of hydrogen-bond acceptors (Lipinski definition) is 5. The number of nitrogens with one attached hydrogen (secondary N) is 1. The largest absolute Gasteiger partial charge is 0.373 e. The zero-order chi connectivity index (χ0) is 15.4. The van der Waals surface area contributed by atoms with E-state index in [1.54, 1.807) is 10.9 Å². The maximum Gasteiger partial charge on any atom is 0.160 e. The molecule has 0 radical (unpaired) electrons. The third kappa shape index (κ3) is 3.58. The molecule has 2 rings (SSSR count). The Hall–Kier alpha value is -1.95. The van der Waals surface area contributed by atoms with Crippen molar-refractivity contribution >= 4 is 5.82 Å². The van der Waals surface area contributed by atoms with Crippen LogP contribution >= 0.6 is 0 Å². The smallest absolute Gasteiger partial charge is 0.160 e. The number of hydrogen-bond donors (Lipinski definition) is 1. The molecule has 21 heavy (non-hydrogen) atoms. The van der Waals surface area contributed by atoms with E-state index in [4.69, 9.17) is 4.74 Å². The highest BCUT2D eigenvalue weighted by molar-refractivity contribution is 5.60. The molecule has 1 N–H and O–H groups in total. The van der Waals surface area contributed by atoms with E-state index in [1.165, 1.54) is 0 Å². The number of ether oxygens (including phenoxy) is 1. The maximum absolute atomic E-state index is 5.81. The zero-order valence-corrected chi connectivity index (χ0v) is 13.3. The molecule has 6 heteroatoms. The van der Waals surface area contributed by atoms with E-state index >= 15 is 0 Å². The first-order valence-corrected chi connectivity index (χ1v) is 7.22. The summed E-state index contributed by atoms with van der Waals surface area (Å²) in [5.74, 6) is 1.79. The van der Waals surface area contributed by atoms with Gasteiger partial charge in [-0.15, -0.1) is 0 Å². The summed E-state index contributed by atoms with van der Waals surface area (Å²) in [5.41, 5.74) is 1.82. The van der Waals surface area contributed by atoms with Crippen molar-refractivity contribution in [3.05, 3.63) is 24.3 Å². The highest BCUT2D eigenvalue weighted by Crippen LogP contribution is 2.27. The van der Waals surface area contributed by atoms with Crippen molar-refractivity contribution in [2.24, 2.45) is 13.0 Å². The summed E-state index contributed by atoms with van der Waals surface area (Å²) in [6, 6.07) is 1.92. The molecule has 0 aliphatic carbocycles. The van der Waals surface area contributed by atoms with Crippen LogP contribution in [0.4, 0.5) is 5.82 Å². The van der Waals surface area contributed by atoms with Crippen molar-refractivity contribution in [3.63, 3.8) is 0 Å². The van der Waals surface area contributed by atoms with Crippen LogP contribution in [0.3, 0.4) is 0 Å². The lowest BCUT2D eigenvalue weighted by atomic mass is 10.1. The summed E-state index contributed by atoms with van der Waals surface area (Å²) >= 11 is 0. The minimum Gasteiger partial charge on any atom is -0.373 e. The molecule has 0 saturated carbocycles. The lowest BCUT2D eigenvalue weighted by Gasteiger charge is -2.20. The molecular weight excluding hydrogens is 266 g/mol. The second kappa shape index (κ2) is 6.67. The number of nitrogens with zero attached hydrogens (tertiary/aromatic N) is 4. The van der Waals surface area contributed by atoms with E-state index in [9.17, 15) is 0 Å². The van der Waals surface area contributed by atoms with E-state index in [2.05, 4.69) is 34.2 Å². The Morgan fingerprint density at radius 1 is 1.33 bits per heavy atom. The number of aromatic nitrogens is 4. The Morgan fingerprint density at radius 2 is 2.10 bits per heavy atom. The van der Waals surface area contributed by atoms with Crippen LogP contribution < -0.4 is 5.32 Å². The van der Waals surface area contributed by atoms with Crippen molar-refractivity contribution in [2.45, 2.75) is 26.9 Å². The average molecular weight is 289 g/mol. The molecule has 6 nitrogen and oxygen atoms in total. The minimum absolute atomic E-state index is 0.112. The van der Waals surface area contributed by atoms with Crippen molar-refractivity contribution in [1.82, 2.24) is 19.7 Å². The van der Waals surface area contributed by atoms with Crippen molar-refractivity contribution < 1.29 is 4.74 Å². The Morgan fingerprint density at radius 3 is 2.62 bits per heavy atom. The lowest BCUT2D eigenvalue weighted by Crippen LogP contribution is -2.15. The standard InChI is InChI=1S/C15H23N5O/c1-6-21-14(10(2)3)15-18-12(7-13(16-4)19-15)11-8-17-20(5)9-11/h7-10,14H,6H2,1-5H3,(H,16,18,19). The molecule has 114 valence electrons. The summed E-state index contributed by atoms with van der Waals surface area (Å²) in [7, 11) is 3.74. The molecule has 0 amide bonds. The Bertz CT molecular complexity index is 593. The SMILES string of the molecule is CCOC(c1nc(NC)cc(-c2cnn(C)c2)n1)C(C)C. The van der Waals surface area contributed by atoms with E-state index in [0.29, 0.717) is 18.3 Å². The molecule has 0 bridgehead atoms. The van der Waals surface area contributed by atoms with Gasteiger partial charge in [-0.1, -0.05) is 13.8 Å². The molecule has 2 aromatic heterocycles. The van der Waals surface area contributed by atoms with Gasteiger partial charge in [-0.3, -0.25) is 4.68 Å². The molecule has 2 aromatic rings. The fourth-order valence-electron chi connectivity index (χ4n) is 2.17. The Balaban J connectivity index is 2.46. The first-order chi connectivity index (χ1) is 10.0. The van der Waals surface area contributed by atoms with Gasteiger partial charge >= 0.3 is 0 Å². The van der Waals surface area contributed by atoms with Crippen LogP contribution in [0.5, 0.6) is 0 Å². The quantitative estimate of drug-likeness (QED) is 0.885. The molecule has 0 aliphatic rings. The number of aryl methyl sites for hydroxylation is 1.